The van der Waals surface area contributed by atoms with E-state index in [0.29, 0.717) is 4.88 Å². The minimum Gasteiger partial charge on any atom is -0.472 e. The van der Waals surface area contributed by atoms with Gasteiger partial charge in [-0.2, -0.15) is 0 Å². The number of pyridine rings is 1. The van der Waals surface area contributed by atoms with Crippen LogP contribution < -0.4 is 9.64 Å². The van der Waals surface area contributed by atoms with Crippen LogP contribution in [0.4, 0.5) is 11.6 Å². The maximum atomic E-state index is 12.6. The first kappa shape index (κ1) is 16.1. The first-order chi connectivity index (χ1) is 11.3. The van der Waals surface area contributed by atoms with Crippen molar-refractivity contribution in [1.29, 1.82) is 0 Å². The van der Waals surface area contributed by atoms with Gasteiger partial charge in [0, 0.05) is 6.07 Å². The fourth-order valence-electron chi connectivity index (χ4n) is 2.35. The Morgan fingerprint density at radius 1 is 1.42 bits per heavy atom. The maximum Gasteiger partial charge on any atom is 0.366 e. The third-order valence-corrected chi connectivity index (χ3v) is 4.40. The highest BCUT2D eigenvalue weighted by Crippen LogP contribution is 2.37. The largest absolute Gasteiger partial charge is 0.472 e. The average molecular weight is 347 g/mol. The minimum atomic E-state index is -1.19. The molecule has 0 bridgehead atoms. The third-order valence-electron chi connectivity index (χ3n) is 3.49. The number of ether oxygens (including phenoxy) is 1. The van der Waals surface area contributed by atoms with Crippen molar-refractivity contribution in [1.82, 2.24) is 4.98 Å². The molecule has 1 amide bonds. The van der Waals surface area contributed by atoms with Gasteiger partial charge in [0.05, 0.1) is 11.4 Å². The quantitative estimate of drug-likeness (QED) is 0.478. The predicted octanol–water partition coefficient (Wildman–Crippen LogP) is 2.44. The van der Waals surface area contributed by atoms with E-state index < -0.39 is 22.2 Å². The van der Waals surface area contributed by atoms with E-state index in [2.05, 4.69) is 4.98 Å². The highest BCUT2D eigenvalue weighted by atomic mass is 32.1. The van der Waals surface area contributed by atoms with Crippen molar-refractivity contribution in [3.63, 3.8) is 0 Å². The van der Waals surface area contributed by atoms with Crippen LogP contribution in [0.1, 0.15) is 23.5 Å². The number of anilines is 1. The van der Waals surface area contributed by atoms with Crippen LogP contribution in [0.5, 0.6) is 5.75 Å². The number of aromatic nitrogens is 1. The molecule has 0 aliphatic carbocycles. The topological polar surface area (TPSA) is 103 Å². The Morgan fingerprint density at radius 3 is 2.79 bits per heavy atom. The number of amides is 1. The van der Waals surface area contributed by atoms with Crippen LogP contribution in [0.2, 0.25) is 0 Å². The van der Waals surface area contributed by atoms with Gasteiger partial charge in [-0.3, -0.25) is 14.5 Å². The summed E-state index contributed by atoms with van der Waals surface area (Å²) < 4.78 is 5.58. The van der Waals surface area contributed by atoms with Gasteiger partial charge < -0.3 is 14.9 Å². The number of nitro groups is 1. The van der Waals surface area contributed by atoms with Gasteiger partial charge in [0.15, 0.2) is 17.1 Å². The predicted molar refractivity (Wildman–Crippen MR) is 86.6 cm³/mol. The van der Waals surface area contributed by atoms with Crippen LogP contribution in [0.25, 0.3) is 0 Å². The third kappa shape index (κ3) is 2.73. The normalized spacial score (nSPS) is 15.6. The van der Waals surface area contributed by atoms with Gasteiger partial charge in [0.25, 0.3) is 11.7 Å². The Bertz CT molecular complexity index is 832. The molecule has 0 N–H and O–H groups in total. The number of carbonyl (C=O) groups is 2. The molecule has 0 aromatic carbocycles. The Hall–Kier alpha value is -2.81. The molecule has 2 aromatic heterocycles. The summed E-state index contributed by atoms with van der Waals surface area (Å²) in [5.74, 6) is -0.954. The standard InChI is InChI=1S/C15H13N3O5S/c1-15(2)14(20)17(8-9(19)11-4-3-7-24-11)13-10(23-15)5-6-12(16-13)18(21)22/h3-7H,8H2,1-2H3. The van der Waals surface area contributed by atoms with Crippen LogP contribution in [-0.4, -0.2) is 33.7 Å². The molecule has 9 heteroatoms. The smallest absolute Gasteiger partial charge is 0.366 e. The first-order valence-electron chi connectivity index (χ1n) is 7.03. The summed E-state index contributed by atoms with van der Waals surface area (Å²) in [4.78, 5) is 40.8. The first-order valence-corrected chi connectivity index (χ1v) is 7.90. The van der Waals surface area contributed by atoms with E-state index in [9.17, 15) is 19.7 Å². The molecule has 0 fully saturated rings. The number of hydrogen-bond donors (Lipinski definition) is 0. The molecule has 8 nitrogen and oxygen atoms in total. The summed E-state index contributed by atoms with van der Waals surface area (Å²) in [6, 6.07) is 5.98. The fraction of sp³-hybridized carbons (Fsp3) is 0.267. The lowest BCUT2D eigenvalue weighted by Gasteiger charge is -2.35. The molecule has 0 saturated carbocycles. The van der Waals surface area contributed by atoms with Gasteiger partial charge in [-0.15, -0.1) is 11.3 Å². The Labute approximate surface area is 140 Å². The average Bonchev–Trinajstić information content (AvgIpc) is 3.05. The summed E-state index contributed by atoms with van der Waals surface area (Å²) in [7, 11) is 0. The molecule has 0 saturated heterocycles. The lowest BCUT2D eigenvalue weighted by molar-refractivity contribution is -0.389. The molecule has 0 radical (unpaired) electrons. The SMILES string of the molecule is CC1(C)Oc2ccc([N+](=O)[O-])nc2N(CC(=O)c2cccs2)C1=O. The molecule has 3 rings (SSSR count). The molecule has 1 aliphatic rings. The number of rotatable bonds is 4. The van der Waals surface area contributed by atoms with E-state index in [-0.39, 0.29) is 23.9 Å². The van der Waals surface area contributed by atoms with Gasteiger partial charge in [0.2, 0.25) is 0 Å². The second kappa shape index (κ2) is 5.68. The highest BCUT2D eigenvalue weighted by molar-refractivity contribution is 7.12. The van der Waals surface area contributed by atoms with Gasteiger partial charge in [-0.05, 0) is 41.3 Å². The molecular weight excluding hydrogens is 334 g/mol. The molecule has 1 aliphatic heterocycles. The van der Waals surface area contributed by atoms with Crippen molar-refractivity contribution < 1.29 is 19.2 Å². The van der Waals surface area contributed by atoms with E-state index >= 15 is 0 Å². The summed E-state index contributed by atoms with van der Waals surface area (Å²) >= 11 is 1.26. The second-order valence-electron chi connectivity index (χ2n) is 5.65. The highest BCUT2D eigenvalue weighted by Gasteiger charge is 2.45. The number of Topliss-reactive ketones (excluding diaryl/α,β-unsaturated/α-hetero) is 1. The Balaban J connectivity index is 2.03. The summed E-state index contributed by atoms with van der Waals surface area (Å²) in [6.45, 7) is 2.89. The summed E-state index contributed by atoms with van der Waals surface area (Å²) in [5.41, 5.74) is -1.19. The molecule has 0 atom stereocenters. The van der Waals surface area contributed by atoms with E-state index in [1.165, 1.54) is 23.5 Å². The Morgan fingerprint density at radius 2 is 2.17 bits per heavy atom. The number of hydrogen-bond acceptors (Lipinski definition) is 7. The zero-order chi connectivity index (χ0) is 17.5. The molecule has 24 heavy (non-hydrogen) atoms. The van der Waals surface area contributed by atoms with Crippen molar-refractivity contribution >= 4 is 34.7 Å². The fourth-order valence-corrected chi connectivity index (χ4v) is 3.00. The van der Waals surface area contributed by atoms with Crippen LogP contribution in [-0.2, 0) is 4.79 Å². The van der Waals surface area contributed by atoms with Gasteiger partial charge in [-0.25, -0.2) is 0 Å². The van der Waals surface area contributed by atoms with Gasteiger partial charge in [0.1, 0.15) is 0 Å². The molecule has 0 unspecified atom stereocenters. The number of fused-ring (bicyclic) bond motifs is 1. The number of ketones is 1. The minimum absolute atomic E-state index is 0.0153. The van der Waals surface area contributed by atoms with Crippen LogP contribution >= 0.6 is 11.3 Å². The number of carbonyl (C=O) groups excluding carboxylic acids is 2. The monoisotopic (exact) mass is 347 g/mol. The second-order valence-corrected chi connectivity index (χ2v) is 6.60. The molecule has 124 valence electrons. The van der Waals surface area contributed by atoms with E-state index in [1.807, 2.05) is 0 Å². The van der Waals surface area contributed by atoms with Gasteiger partial charge >= 0.3 is 5.82 Å². The van der Waals surface area contributed by atoms with Crippen molar-refractivity contribution in [3.05, 3.63) is 44.6 Å². The number of thiophene rings is 1. The van der Waals surface area contributed by atoms with Crippen LogP contribution in [0.3, 0.4) is 0 Å². The maximum absolute atomic E-state index is 12.6. The Kier molecular flexibility index (Phi) is 3.80. The zero-order valence-electron chi connectivity index (χ0n) is 12.9. The van der Waals surface area contributed by atoms with Crippen LogP contribution in [0, 0.1) is 10.1 Å². The van der Waals surface area contributed by atoms with E-state index in [1.54, 1.807) is 31.4 Å². The molecule has 2 aromatic rings. The van der Waals surface area contributed by atoms with Crippen molar-refractivity contribution in [2.24, 2.45) is 0 Å². The van der Waals surface area contributed by atoms with E-state index in [4.69, 9.17) is 4.74 Å². The van der Waals surface area contributed by atoms with Crippen LogP contribution in [0.15, 0.2) is 29.6 Å². The summed E-state index contributed by atoms with van der Waals surface area (Å²) in [6.07, 6.45) is 0. The molecule has 3 heterocycles. The summed E-state index contributed by atoms with van der Waals surface area (Å²) in [5, 5.41) is 12.7. The molecular formula is C15H13N3O5S. The molecule has 0 spiro atoms. The van der Waals surface area contributed by atoms with E-state index in [0.717, 1.165) is 4.90 Å². The zero-order valence-corrected chi connectivity index (χ0v) is 13.7. The van der Waals surface area contributed by atoms with Crippen molar-refractivity contribution in [3.8, 4) is 5.75 Å². The number of nitrogens with zero attached hydrogens (tertiary/aromatic N) is 3. The van der Waals surface area contributed by atoms with Gasteiger partial charge in [-0.1, -0.05) is 6.07 Å². The van der Waals surface area contributed by atoms with Crippen molar-refractivity contribution in [2.45, 2.75) is 19.4 Å². The lowest BCUT2D eigenvalue weighted by Crippen LogP contribution is -2.54. The van der Waals surface area contributed by atoms with Crippen molar-refractivity contribution in [2.75, 3.05) is 11.4 Å². The lowest BCUT2D eigenvalue weighted by atomic mass is 10.0.